The van der Waals surface area contributed by atoms with Gasteiger partial charge in [0, 0.05) is 25.4 Å². The Labute approximate surface area is 185 Å². The molecule has 1 N–H and O–H groups in total. The van der Waals surface area contributed by atoms with Gasteiger partial charge in [0.1, 0.15) is 5.70 Å². The summed E-state index contributed by atoms with van der Waals surface area (Å²) in [6.07, 6.45) is 2.73. The smallest absolute Gasteiger partial charge is 0.278 e. The number of carbonyl (C=O) groups excluding carboxylic acids is 2. The van der Waals surface area contributed by atoms with E-state index in [-0.39, 0.29) is 11.8 Å². The fraction of sp³-hybridized carbons (Fsp3) is 0.385. The van der Waals surface area contributed by atoms with E-state index in [1.807, 2.05) is 63.2 Å². The number of aryl methyl sites for hydroxylation is 3. The molecule has 2 amide bonds. The van der Waals surface area contributed by atoms with Gasteiger partial charge in [0.2, 0.25) is 0 Å². The molecule has 0 atom stereocenters. The number of hydrogen-bond donors (Lipinski definition) is 1. The highest BCUT2D eigenvalue weighted by atomic mass is 16.5. The van der Waals surface area contributed by atoms with Gasteiger partial charge in [-0.1, -0.05) is 49.2 Å². The Bertz CT molecular complexity index is 994. The number of nitrogens with zero attached hydrogens (tertiary/aromatic N) is 1. The summed E-state index contributed by atoms with van der Waals surface area (Å²) in [7, 11) is 0. The number of rotatable bonds is 10. The van der Waals surface area contributed by atoms with Crippen molar-refractivity contribution in [2.75, 3.05) is 25.1 Å². The van der Waals surface area contributed by atoms with Crippen molar-refractivity contribution in [3.8, 4) is 0 Å². The molecule has 0 unspecified atom stereocenters. The van der Waals surface area contributed by atoms with Gasteiger partial charge in [-0.25, -0.2) is 0 Å². The van der Waals surface area contributed by atoms with E-state index in [9.17, 15) is 9.59 Å². The Morgan fingerprint density at radius 2 is 1.65 bits per heavy atom. The van der Waals surface area contributed by atoms with Crippen LogP contribution in [0.2, 0.25) is 0 Å². The molecule has 0 spiro atoms. The molecule has 0 aromatic heterocycles. The molecule has 0 fully saturated rings. The Kier molecular flexibility index (Phi) is 7.64. The first-order valence-corrected chi connectivity index (χ1v) is 11.0. The fourth-order valence-corrected chi connectivity index (χ4v) is 3.78. The van der Waals surface area contributed by atoms with E-state index in [4.69, 9.17) is 4.74 Å². The maximum atomic E-state index is 13.4. The van der Waals surface area contributed by atoms with Crippen LogP contribution in [0.25, 0.3) is 5.57 Å². The summed E-state index contributed by atoms with van der Waals surface area (Å²) in [6.45, 7) is 9.70. The van der Waals surface area contributed by atoms with Crippen LogP contribution in [0.5, 0.6) is 0 Å². The monoisotopic (exact) mass is 420 g/mol. The number of nitrogens with one attached hydrogen (secondary N) is 1. The predicted molar refractivity (Wildman–Crippen MR) is 125 cm³/mol. The van der Waals surface area contributed by atoms with E-state index >= 15 is 0 Å². The average Bonchev–Trinajstić information content (AvgIpc) is 2.95. The molecular formula is C26H32N2O3. The second-order valence-corrected chi connectivity index (χ2v) is 8.14. The van der Waals surface area contributed by atoms with Crippen LogP contribution in [0.3, 0.4) is 0 Å². The quantitative estimate of drug-likeness (QED) is 0.434. The van der Waals surface area contributed by atoms with E-state index in [0.29, 0.717) is 37.4 Å². The van der Waals surface area contributed by atoms with E-state index in [1.54, 1.807) is 0 Å². The molecule has 5 heteroatoms. The molecule has 164 valence electrons. The second-order valence-electron chi connectivity index (χ2n) is 8.14. The highest BCUT2D eigenvalue weighted by Gasteiger charge is 2.39. The number of hydrogen-bond acceptors (Lipinski definition) is 4. The van der Waals surface area contributed by atoms with Crippen LogP contribution in [0, 0.1) is 20.8 Å². The topological polar surface area (TPSA) is 58.6 Å². The van der Waals surface area contributed by atoms with Crippen molar-refractivity contribution in [2.45, 2.75) is 47.0 Å². The number of imide groups is 1. The third-order valence-corrected chi connectivity index (χ3v) is 5.42. The normalized spacial score (nSPS) is 14.0. The molecule has 1 aliphatic rings. The van der Waals surface area contributed by atoms with Gasteiger partial charge in [-0.05, 0) is 62.4 Å². The van der Waals surface area contributed by atoms with Crippen LogP contribution in [-0.2, 0) is 14.3 Å². The van der Waals surface area contributed by atoms with Crippen LogP contribution in [0.1, 0.15) is 48.4 Å². The predicted octanol–water partition coefficient (Wildman–Crippen LogP) is 5.01. The highest BCUT2D eigenvalue weighted by Crippen LogP contribution is 2.32. The Morgan fingerprint density at radius 3 is 2.35 bits per heavy atom. The first kappa shape index (κ1) is 22.8. The maximum absolute atomic E-state index is 13.4. The summed E-state index contributed by atoms with van der Waals surface area (Å²) >= 11 is 0. The lowest BCUT2D eigenvalue weighted by Gasteiger charge is -2.15. The minimum absolute atomic E-state index is 0.249. The minimum Gasteiger partial charge on any atom is -0.381 e. The largest absolute Gasteiger partial charge is 0.381 e. The van der Waals surface area contributed by atoms with E-state index in [2.05, 4.69) is 12.2 Å². The maximum Gasteiger partial charge on any atom is 0.278 e. The van der Waals surface area contributed by atoms with E-state index < -0.39 is 0 Å². The lowest BCUT2D eigenvalue weighted by molar-refractivity contribution is -0.137. The molecule has 5 nitrogen and oxygen atoms in total. The summed E-state index contributed by atoms with van der Waals surface area (Å²) in [4.78, 5) is 28.0. The summed E-state index contributed by atoms with van der Waals surface area (Å²) in [5, 5.41) is 3.24. The van der Waals surface area contributed by atoms with Crippen LogP contribution in [0.4, 0.5) is 5.69 Å². The third kappa shape index (κ3) is 5.42. The SMILES string of the molecule is CCCCOCCCN1C(=O)C(Nc2cccc(C)c2)=C(c2ccc(C)cc2C)C1=O. The lowest BCUT2D eigenvalue weighted by atomic mass is 9.97. The van der Waals surface area contributed by atoms with E-state index in [0.717, 1.165) is 40.8 Å². The summed E-state index contributed by atoms with van der Waals surface area (Å²) in [5.74, 6) is -0.532. The van der Waals surface area contributed by atoms with Crippen molar-refractivity contribution in [3.63, 3.8) is 0 Å². The molecule has 0 bridgehead atoms. The molecule has 0 saturated heterocycles. The average molecular weight is 421 g/mol. The van der Waals surface area contributed by atoms with Crippen molar-refractivity contribution in [1.82, 2.24) is 4.90 Å². The van der Waals surface area contributed by atoms with Crippen LogP contribution in [-0.4, -0.2) is 36.5 Å². The standard InChI is InChI=1S/C26H32N2O3/c1-5-6-14-31-15-8-13-28-25(29)23(22-12-11-19(3)16-20(22)4)24(26(28)30)27-21-10-7-9-18(2)17-21/h7,9-12,16-17,27H,5-6,8,13-15H2,1-4H3. The first-order valence-electron chi connectivity index (χ1n) is 11.0. The zero-order valence-corrected chi connectivity index (χ0v) is 19.0. The van der Waals surface area contributed by atoms with Crippen molar-refractivity contribution >= 4 is 23.1 Å². The fourth-order valence-electron chi connectivity index (χ4n) is 3.78. The summed E-state index contributed by atoms with van der Waals surface area (Å²) in [5.41, 5.74) is 5.54. The van der Waals surface area contributed by atoms with Crippen LogP contribution in [0.15, 0.2) is 48.2 Å². The third-order valence-electron chi connectivity index (χ3n) is 5.42. The minimum atomic E-state index is -0.282. The second kappa shape index (κ2) is 10.4. The molecule has 2 aromatic carbocycles. The number of benzene rings is 2. The van der Waals surface area contributed by atoms with Crippen molar-refractivity contribution in [1.29, 1.82) is 0 Å². The molecule has 1 heterocycles. The van der Waals surface area contributed by atoms with Gasteiger partial charge in [0.15, 0.2) is 0 Å². The van der Waals surface area contributed by atoms with Crippen LogP contribution >= 0.6 is 0 Å². The van der Waals surface area contributed by atoms with Crippen molar-refractivity contribution < 1.29 is 14.3 Å². The molecule has 1 aliphatic heterocycles. The van der Waals surface area contributed by atoms with Gasteiger partial charge in [0.05, 0.1) is 5.57 Å². The van der Waals surface area contributed by atoms with Gasteiger partial charge < -0.3 is 10.1 Å². The van der Waals surface area contributed by atoms with Gasteiger partial charge in [0.25, 0.3) is 11.8 Å². The van der Waals surface area contributed by atoms with Gasteiger partial charge >= 0.3 is 0 Å². The van der Waals surface area contributed by atoms with Crippen molar-refractivity contribution in [3.05, 3.63) is 70.4 Å². The number of ether oxygens (including phenoxy) is 1. The van der Waals surface area contributed by atoms with Gasteiger partial charge in [-0.3, -0.25) is 14.5 Å². The molecule has 31 heavy (non-hydrogen) atoms. The zero-order valence-electron chi connectivity index (χ0n) is 19.0. The molecule has 3 rings (SSSR count). The number of carbonyl (C=O) groups is 2. The Balaban J connectivity index is 1.87. The summed E-state index contributed by atoms with van der Waals surface area (Å²) < 4.78 is 5.61. The number of unbranched alkanes of at least 4 members (excludes halogenated alkanes) is 1. The van der Waals surface area contributed by atoms with Gasteiger partial charge in [-0.15, -0.1) is 0 Å². The lowest BCUT2D eigenvalue weighted by Crippen LogP contribution is -2.34. The molecular weight excluding hydrogens is 388 g/mol. The first-order chi connectivity index (χ1) is 14.9. The zero-order chi connectivity index (χ0) is 22.4. The number of anilines is 1. The Hall–Kier alpha value is -2.92. The molecule has 0 aliphatic carbocycles. The number of amides is 2. The highest BCUT2D eigenvalue weighted by molar-refractivity contribution is 6.36. The van der Waals surface area contributed by atoms with E-state index in [1.165, 1.54) is 4.90 Å². The molecule has 0 saturated carbocycles. The molecule has 0 radical (unpaired) electrons. The van der Waals surface area contributed by atoms with Gasteiger partial charge in [-0.2, -0.15) is 0 Å². The van der Waals surface area contributed by atoms with Crippen LogP contribution < -0.4 is 5.32 Å². The van der Waals surface area contributed by atoms with Crippen molar-refractivity contribution in [2.24, 2.45) is 0 Å². The summed E-state index contributed by atoms with van der Waals surface area (Å²) in [6, 6.07) is 13.7. The Morgan fingerprint density at radius 1 is 0.903 bits per heavy atom. The molecule has 2 aromatic rings.